The molecule has 5 aliphatic rings. The van der Waals surface area contributed by atoms with Crippen molar-refractivity contribution in [1.29, 1.82) is 0 Å². The first-order chi connectivity index (χ1) is 28.6. The molecule has 7 rings (SSSR count). The van der Waals surface area contributed by atoms with Crippen LogP contribution in [0, 0.1) is 12.8 Å². The van der Waals surface area contributed by atoms with Gasteiger partial charge in [0.05, 0.1) is 36.9 Å². The predicted molar refractivity (Wildman–Crippen MR) is 231 cm³/mol. The van der Waals surface area contributed by atoms with Crippen molar-refractivity contribution < 1.29 is 33.7 Å². The van der Waals surface area contributed by atoms with Crippen molar-refractivity contribution in [3.05, 3.63) is 52.6 Å². The molecule has 3 N–H and O–H groups in total. The zero-order valence-electron chi connectivity index (χ0n) is 35.3. The number of amides is 3. The minimum absolute atomic E-state index is 0.00402. The molecule has 13 nitrogen and oxygen atoms in total. The lowest BCUT2D eigenvalue weighted by Crippen LogP contribution is -2.59. The number of carbonyl (C=O) groups excluding carboxylic acids is 3. The number of thioether (sulfide) groups is 1. The number of carbonyl (C=O) groups is 3. The molecule has 2 aromatic carbocycles. The molecule has 1 spiro atoms. The second-order valence-corrected chi connectivity index (χ2v) is 18.2. The number of ether oxygens (including phenoxy) is 3. The highest BCUT2D eigenvalue weighted by Crippen LogP contribution is 2.39. The zero-order valence-corrected chi connectivity index (χ0v) is 36.1. The van der Waals surface area contributed by atoms with Crippen molar-refractivity contribution in [2.45, 2.75) is 103 Å². The van der Waals surface area contributed by atoms with E-state index in [4.69, 9.17) is 19.2 Å². The van der Waals surface area contributed by atoms with Crippen molar-refractivity contribution in [2.75, 3.05) is 83.3 Å². The highest BCUT2D eigenvalue weighted by Gasteiger charge is 2.43. The highest BCUT2D eigenvalue weighted by atomic mass is 32.2. The van der Waals surface area contributed by atoms with Gasteiger partial charge in [0.1, 0.15) is 17.5 Å². The van der Waals surface area contributed by atoms with Crippen molar-refractivity contribution in [3.8, 4) is 11.5 Å². The number of phenolic OH excluding ortho intramolecular Hbond substituents is 1. The third kappa shape index (κ3) is 11.0. The molecule has 3 fully saturated rings. The average Bonchev–Trinajstić information content (AvgIpc) is 3.96. The number of nitrogens with one attached hydrogen (secondary N) is 2. The summed E-state index contributed by atoms with van der Waals surface area (Å²) >= 11 is 1.73. The minimum Gasteiger partial charge on any atom is -0.506 e. The lowest BCUT2D eigenvalue weighted by molar-refractivity contribution is -0.160. The fourth-order valence-electron chi connectivity index (χ4n) is 9.19. The molecule has 1 atom stereocenters. The fourth-order valence-corrected chi connectivity index (χ4v) is 10.3. The van der Waals surface area contributed by atoms with E-state index in [-0.39, 0.29) is 47.8 Å². The highest BCUT2D eigenvalue weighted by molar-refractivity contribution is 8.14. The van der Waals surface area contributed by atoms with Gasteiger partial charge >= 0.3 is 0 Å². The summed E-state index contributed by atoms with van der Waals surface area (Å²) in [6.07, 6.45) is 8.07. The number of aromatic hydroxyl groups is 1. The Balaban J connectivity index is 0.816. The second-order valence-electron chi connectivity index (χ2n) is 17.1. The molecule has 1 unspecified atom stereocenters. The van der Waals surface area contributed by atoms with Crippen LogP contribution in [0.5, 0.6) is 11.5 Å². The molecule has 2 saturated heterocycles. The predicted octanol–water partition coefficient (Wildman–Crippen LogP) is 4.95. The van der Waals surface area contributed by atoms with Crippen LogP contribution in [0.2, 0.25) is 0 Å². The molecule has 1 saturated carbocycles. The van der Waals surface area contributed by atoms with Gasteiger partial charge in [0.15, 0.2) is 12.4 Å². The number of nitrogens with zero attached hydrogens (tertiary/aromatic N) is 4. The number of benzene rings is 2. The van der Waals surface area contributed by atoms with Gasteiger partial charge in [-0.1, -0.05) is 51.0 Å². The normalized spacial score (nSPS) is 20.7. The number of phenols is 1. The third-order valence-electron chi connectivity index (χ3n) is 12.7. The van der Waals surface area contributed by atoms with Crippen LogP contribution in [0.15, 0.2) is 35.3 Å². The summed E-state index contributed by atoms with van der Waals surface area (Å²) in [5.74, 6) is 1.67. The first-order valence-electron chi connectivity index (χ1n) is 21.9. The molecule has 0 aromatic heterocycles. The Morgan fingerprint density at radius 2 is 1.86 bits per heavy atom. The molecule has 14 heteroatoms. The van der Waals surface area contributed by atoms with Crippen LogP contribution in [-0.4, -0.2) is 138 Å². The van der Waals surface area contributed by atoms with Gasteiger partial charge in [-0.25, -0.2) is 0 Å². The number of aliphatic imine (C=N–C) groups is 1. The van der Waals surface area contributed by atoms with Gasteiger partial charge in [0.2, 0.25) is 11.8 Å². The lowest BCUT2D eigenvalue weighted by atomic mass is 9.88. The van der Waals surface area contributed by atoms with Gasteiger partial charge in [-0.15, -0.1) is 11.8 Å². The molecule has 0 bridgehead atoms. The van der Waals surface area contributed by atoms with E-state index in [1.54, 1.807) is 17.8 Å². The zero-order chi connectivity index (χ0) is 41.4. The summed E-state index contributed by atoms with van der Waals surface area (Å²) < 4.78 is 18.1. The van der Waals surface area contributed by atoms with Crippen LogP contribution >= 0.6 is 11.8 Å². The second kappa shape index (κ2) is 20.2. The monoisotopic (exact) mass is 832 g/mol. The SMILES string of the molecule is Cc1c(CCOCCC(=O)N(CCNCCc2ccc(O)c3c2OCC(=O)N3)C2CCCC2)cccc1CN1CCC2(CC1)CN(C(=O)C1CSC(C(C)C)=N1)CCO2. The molecule has 4 heterocycles. The number of hydrogen-bond donors (Lipinski definition) is 3. The molecule has 3 amide bonds. The summed E-state index contributed by atoms with van der Waals surface area (Å²) in [7, 11) is 0. The van der Waals surface area contributed by atoms with Gasteiger partial charge in [0.25, 0.3) is 5.91 Å². The maximum atomic E-state index is 13.5. The van der Waals surface area contributed by atoms with E-state index in [2.05, 4.69) is 59.4 Å². The summed E-state index contributed by atoms with van der Waals surface area (Å²) in [6, 6.07) is 9.99. The number of fused-ring (bicyclic) bond motifs is 1. The Morgan fingerprint density at radius 1 is 1.07 bits per heavy atom. The van der Waals surface area contributed by atoms with E-state index in [9.17, 15) is 19.5 Å². The van der Waals surface area contributed by atoms with Crippen molar-refractivity contribution in [3.63, 3.8) is 0 Å². The van der Waals surface area contributed by atoms with Crippen LogP contribution in [0.1, 0.15) is 81.0 Å². The van der Waals surface area contributed by atoms with Gasteiger partial charge in [0, 0.05) is 63.5 Å². The van der Waals surface area contributed by atoms with E-state index >= 15 is 0 Å². The maximum absolute atomic E-state index is 13.5. The average molecular weight is 833 g/mol. The molecule has 4 aliphatic heterocycles. The molecular weight excluding hydrogens is 769 g/mol. The van der Waals surface area contributed by atoms with Gasteiger partial charge in [-0.2, -0.15) is 0 Å². The smallest absolute Gasteiger partial charge is 0.262 e. The number of rotatable bonds is 17. The Kier molecular flexibility index (Phi) is 14.9. The summed E-state index contributed by atoms with van der Waals surface area (Å²) in [5, 5.41) is 17.4. The number of anilines is 1. The fraction of sp³-hybridized carbons (Fsp3) is 0.644. The number of morpholine rings is 1. The van der Waals surface area contributed by atoms with E-state index in [0.717, 1.165) is 80.9 Å². The molecular formula is C45H64N6O7S. The van der Waals surface area contributed by atoms with Crippen molar-refractivity contribution in [2.24, 2.45) is 10.9 Å². The van der Waals surface area contributed by atoms with Gasteiger partial charge < -0.3 is 39.8 Å². The Bertz CT molecular complexity index is 1830. The topological polar surface area (TPSA) is 145 Å². The number of piperidine rings is 1. The molecule has 0 radical (unpaired) electrons. The Morgan fingerprint density at radius 3 is 2.64 bits per heavy atom. The van der Waals surface area contributed by atoms with Crippen LogP contribution in [0.4, 0.5) is 5.69 Å². The first-order valence-corrected chi connectivity index (χ1v) is 22.9. The largest absolute Gasteiger partial charge is 0.506 e. The molecule has 1 aliphatic carbocycles. The van der Waals surface area contributed by atoms with E-state index in [1.165, 1.54) is 16.7 Å². The molecule has 2 aromatic rings. The quantitative estimate of drug-likeness (QED) is 0.148. The first kappa shape index (κ1) is 43.4. The Hall–Kier alpha value is -3.69. The maximum Gasteiger partial charge on any atom is 0.262 e. The van der Waals surface area contributed by atoms with Crippen LogP contribution in [-0.2, 0) is 43.2 Å². The molecule has 322 valence electrons. The van der Waals surface area contributed by atoms with E-state index in [0.29, 0.717) is 82.7 Å². The summed E-state index contributed by atoms with van der Waals surface area (Å²) in [4.78, 5) is 50.0. The van der Waals surface area contributed by atoms with Gasteiger partial charge in [-0.05, 0) is 80.3 Å². The van der Waals surface area contributed by atoms with Gasteiger partial charge in [-0.3, -0.25) is 24.3 Å². The van der Waals surface area contributed by atoms with Crippen molar-refractivity contribution in [1.82, 2.24) is 20.0 Å². The van der Waals surface area contributed by atoms with Crippen LogP contribution in [0.25, 0.3) is 0 Å². The number of likely N-dealkylation sites (tertiary alicyclic amines) is 1. The van der Waals surface area contributed by atoms with E-state index in [1.807, 2.05) is 11.0 Å². The lowest BCUT2D eigenvalue weighted by Gasteiger charge is -2.47. The standard InChI is InChI=1S/C45H64N6O7S/c1-31(2)43-47-37(29-59-43)44(55)50-23-26-58-45(30-50)16-20-49(21-17-45)27-35-8-6-7-33(32(35)3)14-24-56-25-15-40(54)51(36-9-4-5-10-36)22-19-46-18-13-34-11-12-38(52)41-42(34)57-28-39(53)48-41/h6-8,11-12,31,36-37,46,52H,4-5,9-10,13-30H2,1-3H3,(H,48,53). The Labute approximate surface area is 354 Å². The summed E-state index contributed by atoms with van der Waals surface area (Å²) in [6.45, 7) is 14.1. The van der Waals surface area contributed by atoms with Crippen LogP contribution in [0.3, 0.4) is 0 Å². The molecule has 59 heavy (non-hydrogen) atoms. The van der Waals surface area contributed by atoms with E-state index < -0.39 is 0 Å². The van der Waals surface area contributed by atoms with Crippen LogP contribution < -0.4 is 15.4 Å². The summed E-state index contributed by atoms with van der Waals surface area (Å²) in [5.41, 5.74) is 4.89. The minimum atomic E-state index is -0.280. The third-order valence-corrected chi connectivity index (χ3v) is 14.1. The number of hydrogen-bond acceptors (Lipinski definition) is 11. The van der Waals surface area contributed by atoms with Crippen molar-refractivity contribution >= 4 is 40.2 Å².